The lowest BCUT2D eigenvalue weighted by molar-refractivity contribution is -0.145. The highest BCUT2D eigenvalue weighted by atomic mass is 16.2. The number of amides is 3. The quantitative estimate of drug-likeness (QED) is 0.793. The molecule has 0 saturated carbocycles. The summed E-state index contributed by atoms with van der Waals surface area (Å²) < 4.78 is 0. The maximum absolute atomic E-state index is 13.0. The first-order chi connectivity index (χ1) is 12.9. The van der Waals surface area contributed by atoms with E-state index in [0.717, 1.165) is 25.7 Å². The molecule has 3 aliphatic heterocycles. The smallest absolute Gasteiger partial charge is 0.253 e. The molecule has 1 aromatic carbocycles. The van der Waals surface area contributed by atoms with Gasteiger partial charge in [0.05, 0.1) is 5.92 Å². The Morgan fingerprint density at radius 1 is 1.11 bits per heavy atom. The molecule has 3 amide bonds. The first-order valence-corrected chi connectivity index (χ1v) is 9.79. The van der Waals surface area contributed by atoms with Crippen LogP contribution < -0.4 is 0 Å². The molecule has 3 fully saturated rings. The maximum atomic E-state index is 13.0. The van der Waals surface area contributed by atoms with Gasteiger partial charge in [-0.3, -0.25) is 14.4 Å². The van der Waals surface area contributed by atoms with Gasteiger partial charge < -0.3 is 14.7 Å². The van der Waals surface area contributed by atoms with Gasteiger partial charge in [0.1, 0.15) is 6.54 Å². The van der Waals surface area contributed by atoms with E-state index in [9.17, 15) is 14.4 Å². The minimum Gasteiger partial charge on any atom is -0.347 e. The van der Waals surface area contributed by atoms with Crippen LogP contribution in [0.25, 0.3) is 0 Å². The van der Waals surface area contributed by atoms with Crippen molar-refractivity contribution in [3.05, 3.63) is 35.4 Å². The summed E-state index contributed by atoms with van der Waals surface area (Å²) in [5.41, 5.74) is 1.90. The average Bonchev–Trinajstić information content (AvgIpc) is 2.94. The van der Waals surface area contributed by atoms with Crippen molar-refractivity contribution in [1.29, 1.82) is 0 Å². The maximum Gasteiger partial charge on any atom is 0.253 e. The Balaban J connectivity index is 1.74. The summed E-state index contributed by atoms with van der Waals surface area (Å²) in [6, 6.07) is 7.71. The van der Waals surface area contributed by atoms with Gasteiger partial charge in [0.25, 0.3) is 5.91 Å². The predicted octanol–water partition coefficient (Wildman–Crippen LogP) is 1.79. The second kappa shape index (κ2) is 8.11. The highest BCUT2D eigenvalue weighted by molar-refractivity contribution is 5.95. The molecule has 4 rings (SSSR count). The highest BCUT2D eigenvalue weighted by Gasteiger charge is 2.42. The van der Waals surface area contributed by atoms with Crippen molar-refractivity contribution in [1.82, 2.24) is 14.7 Å². The number of likely N-dealkylation sites (N-methyl/N-ethyl adjacent to an activating group) is 1. The molecule has 27 heavy (non-hydrogen) atoms. The van der Waals surface area contributed by atoms with Crippen molar-refractivity contribution >= 4 is 17.7 Å². The minimum atomic E-state index is -0.206. The van der Waals surface area contributed by atoms with Crippen molar-refractivity contribution in [3.8, 4) is 0 Å². The normalized spacial score (nSPS) is 22.0. The summed E-state index contributed by atoms with van der Waals surface area (Å²) in [4.78, 5) is 42.9. The molecule has 6 nitrogen and oxygen atoms in total. The number of carbonyl (C=O) groups excluding carboxylic acids is 3. The SMILES string of the molecule is CCCc1ccc(C(=O)N2C[C@@H]3CC[C@H](C2)N(CC(=O)N(C)C)C3=O)cc1. The molecule has 2 bridgehead atoms. The van der Waals surface area contributed by atoms with E-state index >= 15 is 0 Å². The van der Waals surface area contributed by atoms with E-state index in [1.807, 2.05) is 24.3 Å². The largest absolute Gasteiger partial charge is 0.347 e. The molecule has 3 aliphatic rings. The van der Waals surface area contributed by atoms with Crippen molar-refractivity contribution in [3.63, 3.8) is 0 Å². The second-order valence-electron chi connectivity index (χ2n) is 7.84. The molecular weight excluding hydrogens is 342 g/mol. The summed E-state index contributed by atoms with van der Waals surface area (Å²) in [6.07, 6.45) is 3.71. The number of carbonyl (C=O) groups is 3. The van der Waals surface area contributed by atoms with Gasteiger partial charge >= 0.3 is 0 Å². The van der Waals surface area contributed by atoms with Gasteiger partial charge in [0.2, 0.25) is 11.8 Å². The van der Waals surface area contributed by atoms with E-state index in [4.69, 9.17) is 0 Å². The first-order valence-electron chi connectivity index (χ1n) is 9.79. The molecule has 0 spiro atoms. The van der Waals surface area contributed by atoms with E-state index in [0.29, 0.717) is 18.7 Å². The van der Waals surface area contributed by atoms with Gasteiger partial charge in [0.15, 0.2) is 0 Å². The molecule has 3 heterocycles. The monoisotopic (exact) mass is 371 g/mol. The van der Waals surface area contributed by atoms with Gasteiger partial charge in [0, 0.05) is 38.8 Å². The van der Waals surface area contributed by atoms with Gasteiger partial charge in [-0.25, -0.2) is 0 Å². The number of fused-ring (bicyclic) bond motifs is 4. The molecule has 0 aromatic heterocycles. The lowest BCUT2D eigenvalue weighted by atomic mass is 9.94. The fourth-order valence-electron chi connectivity index (χ4n) is 3.99. The van der Waals surface area contributed by atoms with Crippen LogP contribution in [-0.2, 0) is 16.0 Å². The number of nitrogens with zero attached hydrogens (tertiary/aromatic N) is 3. The van der Waals surface area contributed by atoms with E-state index in [2.05, 4.69) is 6.92 Å². The van der Waals surface area contributed by atoms with E-state index < -0.39 is 0 Å². The predicted molar refractivity (Wildman–Crippen MR) is 103 cm³/mol. The van der Waals surface area contributed by atoms with Crippen molar-refractivity contribution < 1.29 is 14.4 Å². The summed E-state index contributed by atoms with van der Waals surface area (Å²) >= 11 is 0. The lowest BCUT2D eigenvalue weighted by Gasteiger charge is -2.35. The second-order valence-corrected chi connectivity index (χ2v) is 7.84. The van der Waals surface area contributed by atoms with Crippen LogP contribution in [0.2, 0.25) is 0 Å². The Hall–Kier alpha value is -2.37. The third-order valence-electron chi connectivity index (χ3n) is 5.62. The highest BCUT2D eigenvalue weighted by Crippen LogP contribution is 2.30. The summed E-state index contributed by atoms with van der Waals surface area (Å²) in [5.74, 6) is -0.305. The zero-order chi connectivity index (χ0) is 19.6. The fraction of sp³-hybridized carbons (Fsp3) is 0.571. The van der Waals surface area contributed by atoms with E-state index in [-0.39, 0.29) is 36.2 Å². The lowest BCUT2D eigenvalue weighted by Crippen LogP contribution is -2.51. The van der Waals surface area contributed by atoms with Crippen molar-refractivity contribution in [2.75, 3.05) is 33.7 Å². The van der Waals surface area contributed by atoms with Crippen LogP contribution in [0.3, 0.4) is 0 Å². The van der Waals surface area contributed by atoms with Crippen LogP contribution in [0, 0.1) is 5.92 Å². The Kier molecular flexibility index (Phi) is 5.82. The molecule has 146 valence electrons. The fourth-order valence-corrected chi connectivity index (χ4v) is 3.99. The Morgan fingerprint density at radius 2 is 1.81 bits per heavy atom. The first kappa shape index (κ1) is 19.4. The third kappa shape index (κ3) is 4.15. The summed E-state index contributed by atoms with van der Waals surface area (Å²) in [7, 11) is 3.39. The van der Waals surface area contributed by atoms with Gasteiger partial charge in [-0.2, -0.15) is 0 Å². The number of benzene rings is 1. The number of hydrogen-bond donors (Lipinski definition) is 0. The van der Waals surface area contributed by atoms with Crippen LogP contribution in [0.15, 0.2) is 24.3 Å². The van der Waals surface area contributed by atoms with Gasteiger partial charge in [-0.1, -0.05) is 25.5 Å². The van der Waals surface area contributed by atoms with Crippen LogP contribution in [-0.4, -0.2) is 72.2 Å². The topological polar surface area (TPSA) is 60.9 Å². The molecule has 1 aromatic rings. The van der Waals surface area contributed by atoms with Crippen LogP contribution in [0.5, 0.6) is 0 Å². The van der Waals surface area contributed by atoms with E-state index in [1.165, 1.54) is 10.5 Å². The molecular formula is C21H29N3O3. The number of aryl methyl sites for hydroxylation is 1. The zero-order valence-corrected chi connectivity index (χ0v) is 16.5. The minimum absolute atomic E-state index is 0.00930. The van der Waals surface area contributed by atoms with Gasteiger partial charge in [-0.15, -0.1) is 0 Å². The van der Waals surface area contributed by atoms with Crippen LogP contribution in [0.4, 0.5) is 0 Å². The van der Waals surface area contributed by atoms with Crippen molar-refractivity contribution in [2.45, 2.75) is 38.6 Å². The Morgan fingerprint density at radius 3 is 2.44 bits per heavy atom. The standard InChI is InChI=1S/C21H29N3O3/c1-4-5-15-6-8-16(9-7-15)20(26)23-12-17-10-11-18(13-23)24(21(17)27)14-19(25)22(2)3/h6-9,17-18H,4-5,10-14H2,1-3H3/t17-,18+/m0/s1. The van der Waals surface area contributed by atoms with E-state index in [1.54, 1.807) is 23.9 Å². The molecule has 0 unspecified atom stereocenters. The summed E-state index contributed by atoms with van der Waals surface area (Å²) in [5, 5.41) is 0. The van der Waals surface area contributed by atoms with Gasteiger partial charge in [-0.05, 0) is 37.0 Å². The molecule has 0 N–H and O–H groups in total. The molecule has 6 heteroatoms. The van der Waals surface area contributed by atoms with Crippen LogP contribution in [0.1, 0.15) is 42.1 Å². The molecule has 0 radical (unpaired) electrons. The average molecular weight is 371 g/mol. The molecule has 3 saturated heterocycles. The Bertz CT molecular complexity index is 714. The molecule has 0 aliphatic carbocycles. The number of piperidine rings is 1. The van der Waals surface area contributed by atoms with Crippen molar-refractivity contribution in [2.24, 2.45) is 5.92 Å². The number of hydrogen-bond acceptors (Lipinski definition) is 3. The number of rotatable bonds is 5. The summed E-state index contributed by atoms with van der Waals surface area (Å²) in [6.45, 7) is 3.17. The van der Waals surface area contributed by atoms with Crippen LogP contribution >= 0.6 is 0 Å². The zero-order valence-electron chi connectivity index (χ0n) is 16.5. The third-order valence-corrected chi connectivity index (χ3v) is 5.62. The molecule has 2 atom stereocenters. The Labute approximate surface area is 161 Å².